The van der Waals surface area contributed by atoms with Gasteiger partial charge in [0.15, 0.2) is 0 Å². The van der Waals surface area contributed by atoms with Gasteiger partial charge in [0.05, 0.1) is 0 Å². The highest BCUT2D eigenvalue weighted by atomic mass is 35.5. The molecular weight excluding hydrogens is 346 g/mol. The maximum atomic E-state index is 13.2. The van der Waals surface area contributed by atoms with Crippen LogP contribution in [0.2, 0.25) is 5.02 Å². The summed E-state index contributed by atoms with van der Waals surface area (Å²) in [6.07, 6.45) is 6.23. The summed E-state index contributed by atoms with van der Waals surface area (Å²) in [4.78, 5) is 24.4. The molecule has 1 amide bonds. The number of pyridine rings is 1. The minimum absolute atomic E-state index is 0.0428. The summed E-state index contributed by atoms with van der Waals surface area (Å²) < 4.78 is 0. The van der Waals surface area contributed by atoms with Crippen molar-refractivity contribution < 1.29 is 4.79 Å². The van der Waals surface area contributed by atoms with Crippen molar-refractivity contribution in [3.63, 3.8) is 0 Å². The second-order valence-electron chi connectivity index (χ2n) is 7.06. The van der Waals surface area contributed by atoms with Crippen LogP contribution in [0.3, 0.4) is 0 Å². The first-order valence-corrected chi connectivity index (χ1v) is 9.50. The summed E-state index contributed by atoms with van der Waals surface area (Å²) >= 11 is 6.55. The molecule has 2 unspecified atom stereocenters. The Morgan fingerprint density at radius 1 is 1.19 bits per heavy atom. The Balaban J connectivity index is 1.78. The number of carbonyl (C=O) groups is 1. The number of nitrogens with zero attached hydrogens (tertiary/aromatic N) is 3. The smallest absolute Gasteiger partial charge is 0.248 e. The first-order valence-electron chi connectivity index (χ1n) is 9.12. The van der Waals surface area contributed by atoms with Crippen LogP contribution in [0.1, 0.15) is 36.9 Å². The average molecular weight is 368 g/mol. The lowest BCUT2D eigenvalue weighted by Crippen LogP contribution is -2.60. The SMILES string of the molecule is CN1C(=O)C(Cc2ccccn2)N=C2CCCCC21c1ccccc1Cl. The van der Waals surface area contributed by atoms with Gasteiger partial charge in [-0.25, -0.2) is 0 Å². The number of aliphatic imine (C=N–C) groups is 1. The van der Waals surface area contributed by atoms with Gasteiger partial charge in [-0.1, -0.05) is 35.9 Å². The number of halogens is 1. The van der Waals surface area contributed by atoms with Gasteiger partial charge in [0, 0.05) is 41.7 Å². The molecule has 2 heterocycles. The number of hydrogen-bond acceptors (Lipinski definition) is 3. The van der Waals surface area contributed by atoms with Crippen molar-refractivity contribution >= 4 is 23.2 Å². The largest absolute Gasteiger partial charge is 0.329 e. The second kappa shape index (κ2) is 6.84. The molecule has 1 aromatic carbocycles. The fourth-order valence-electron chi connectivity index (χ4n) is 4.33. The van der Waals surface area contributed by atoms with E-state index in [0.717, 1.165) is 42.7 Å². The third-order valence-corrected chi connectivity index (χ3v) is 5.96. The molecule has 1 fully saturated rings. The van der Waals surface area contributed by atoms with Crippen LogP contribution < -0.4 is 0 Å². The average Bonchev–Trinajstić information content (AvgIpc) is 2.67. The number of carbonyl (C=O) groups excluding carboxylic acids is 1. The zero-order valence-corrected chi connectivity index (χ0v) is 15.6. The Morgan fingerprint density at radius 3 is 2.77 bits per heavy atom. The predicted molar refractivity (Wildman–Crippen MR) is 104 cm³/mol. The number of benzene rings is 1. The monoisotopic (exact) mass is 367 g/mol. The van der Waals surface area contributed by atoms with Crippen molar-refractivity contribution in [1.29, 1.82) is 0 Å². The topological polar surface area (TPSA) is 45.6 Å². The van der Waals surface area contributed by atoms with E-state index in [-0.39, 0.29) is 5.91 Å². The van der Waals surface area contributed by atoms with Gasteiger partial charge in [-0.05, 0) is 43.9 Å². The molecule has 0 spiro atoms. The van der Waals surface area contributed by atoms with Gasteiger partial charge < -0.3 is 4.90 Å². The first-order chi connectivity index (χ1) is 12.6. The van der Waals surface area contributed by atoms with Crippen LogP contribution in [0.25, 0.3) is 0 Å². The van der Waals surface area contributed by atoms with E-state index >= 15 is 0 Å². The zero-order valence-electron chi connectivity index (χ0n) is 14.9. The van der Waals surface area contributed by atoms with Crippen molar-refractivity contribution in [1.82, 2.24) is 9.88 Å². The summed E-state index contributed by atoms with van der Waals surface area (Å²) in [5, 5.41) is 0.699. The van der Waals surface area contributed by atoms with E-state index in [1.54, 1.807) is 6.20 Å². The molecule has 0 bridgehead atoms. The first kappa shape index (κ1) is 17.2. The predicted octanol–water partition coefficient (Wildman–Crippen LogP) is 4.03. The third kappa shape index (κ3) is 2.73. The maximum Gasteiger partial charge on any atom is 0.248 e. The van der Waals surface area contributed by atoms with Crippen LogP contribution in [0.5, 0.6) is 0 Å². The highest BCUT2D eigenvalue weighted by Crippen LogP contribution is 2.45. The molecule has 4 nitrogen and oxygen atoms in total. The lowest BCUT2D eigenvalue weighted by Gasteiger charge is -2.50. The van der Waals surface area contributed by atoms with Gasteiger partial charge in [0.2, 0.25) is 5.91 Å². The summed E-state index contributed by atoms with van der Waals surface area (Å²) in [5.41, 5.74) is 2.46. The minimum atomic E-state index is -0.506. The normalized spacial score (nSPS) is 25.6. The van der Waals surface area contributed by atoms with Crippen molar-refractivity contribution in [2.75, 3.05) is 7.05 Å². The number of amides is 1. The Bertz CT molecular complexity index is 851. The number of aromatic nitrogens is 1. The highest BCUT2D eigenvalue weighted by molar-refractivity contribution is 6.32. The van der Waals surface area contributed by atoms with E-state index in [4.69, 9.17) is 16.6 Å². The summed E-state index contributed by atoms with van der Waals surface area (Å²) in [6, 6.07) is 13.2. The third-order valence-electron chi connectivity index (χ3n) is 5.63. The standard InChI is InChI=1S/C21H22ClN3O/c1-25-20(26)18(14-15-8-5-7-13-23-15)24-19-11-4-6-12-21(19,25)16-9-2-3-10-17(16)22/h2-3,5,7-10,13,18H,4,6,11-12,14H2,1H3. The van der Waals surface area contributed by atoms with Crippen molar-refractivity contribution in [2.45, 2.75) is 43.7 Å². The summed E-state index contributed by atoms with van der Waals surface area (Å²) in [6.45, 7) is 0. The number of likely N-dealkylation sites (N-methyl/N-ethyl adjacent to an activating group) is 1. The lowest BCUT2D eigenvalue weighted by molar-refractivity contribution is -0.136. The fraction of sp³-hybridized carbons (Fsp3) is 0.381. The maximum absolute atomic E-state index is 13.2. The fourth-order valence-corrected chi connectivity index (χ4v) is 4.62. The van der Waals surface area contributed by atoms with Crippen LogP contribution in [0, 0.1) is 0 Å². The Labute approximate surface area is 158 Å². The van der Waals surface area contributed by atoms with E-state index < -0.39 is 11.6 Å². The molecule has 2 aromatic rings. The number of rotatable bonds is 3. The highest BCUT2D eigenvalue weighted by Gasteiger charge is 2.50. The van der Waals surface area contributed by atoms with Crippen molar-refractivity contribution in [3.05, 3.63) is 64.9 Å². The van der Waals surface area contributed by atoms with Gasteiger partial charge in [0.1, 0.15) is 11.6 Å². The van der Waals surface area contributed by atoms with E-state index in [1.807, 2.05) is 54.4 Å². The Kier molecular flexibility index (Phi) is 4.53. The van der Waals surface area contributed by atoms with Gasteiger partial charge in [0.25, 0.3) is 0 Å². The molecule has 1 saturated carbocycles. The van der Waals surface area contributed by atoms with E-state index in [1.165, 1.54) is 0 Å². The van der Waals surface area contributed by atoms with Gasteiger partial charge >= 0.3 is 0 Å². The van der Waals surface area contributed by atoms with E-state index in [2.05, 4.69) is 4.98 Å². The quantitative estimate of drug-likeness (QED) is 0.822. The molecule has 4 rings (SSSR count). The zero-order chi connectivity index (χ0) is 18.1. The molecule has 1 aliphatic heterocycles. The van der Waals surface area contributed by atoms with Crippen LogP contribution >= 0.6 is 11.6 Å². The Hall–Kier alpha value is -2.20. The molecule has 26 heavy (non-hydrogen) atoms. The van der Waals surface area contributed by atoms with Gasteiger partial charge in [-0.3, -0.25) is 14.8 Å². The second-order valence-corrected chi connectivity index (χ2v) is 7.47. The molecule has 0 radical (unpaired) electrons. The lowest BCUT2D eigenvalue weighted by atomic mass is 9.72. The van der Waals surface area contributed by atoms with Crippen molar-refractivity contribution in [3.8, 4) is 0 Å². The summed E-state index contributed by atoms with van der Waals surface area (Å²) in [5.74, 6) is 0.0428. The Morgan fingerprint density at radius 2 is 2.00 bits per heavy atom. The molecule has 1 aliphatic carbocycles. The van der Waals surface area contributed by atoms with Crippen LogP contribution in [-0.4, -0.2) is 34.6 Å². The minimum Gasteiger partial charge on any atom is -0.329 e. The molecule has 0 saturated heterocycles. The molecule has 0 N–H and O–H groups in total. The van der Waals surface area contributed by atoms with Crippen LogP contribution in [0.15, 0.2) is 53.7 Å². The number of fused-ring (bicyclic) bond motifs is 1. The molecule has 1 aromatic heterocycles. The van der Waals surface area contributed by atoms with Crippen LogP contribution in [0.4, 0.5) is 0 Å². The van der Waals surface area contributed by atoms with E-state index in [9.17, 15) is 4.79 Å². The van der Waals surface area contributed by atoms with Gasteiger partial charge in [-0.2, -0.15) is 0 Å². The molecule has 134 valence electrons. The molecular formula is C21H22ClN3O. The molecule has 2 atom stereocenters. The van der Waals surface area contributed by atoms with Crippen LogP contribution in [-0.2, 0) is 16.8 Å². The van der Waals surface area contributed by atoms with E-state index in [0.29, 0.717) is 11.4 Å². The molecule has 5 heteroatoms. The van der Waals surface area contributed by atoms with Crippen molar-refractivity contribution in [2.24, 2.45) is 4.99 Å². The van der Waals surface area contributed by atoms with Gasteiger partial charge in [-0.15, -0.1) is 0 Å². The molecule has 2 aliphatic rings. The summed E-state index contributed by atoms with van der Waals surface area (Å²) in [7, 11) is 1.90. The number of hydrogen-bond donors (Lipinski definition) is 0.